The number of piperidine rings is 2. The number of halogens is 1. The Morgan fingerprint density at radius 1 is 1.16 bits per heavy atom. The molecule has 0 spiro atoms. The highest BCUT2D eigenvalue weighted by Gasteiger charge is 2.32. The summed E-state index contributed by atoms with van der Waals surface area (Å²) in [5, 5.41) is 15.2. The fourth-order valence-electron chi connectivity index (χ4n) is 5.27. The van der Waals surface area contributed by atoms with Gasteiger partial charge < -0.3 is 14.9 Å². The van der Waals surface area contributed by atoms with E-state index >= 15 is 0 Å². The van der Waals surface area contributed by atoms with Crippen LogP contribution in [0.5, 0.6) is 0 Å². The molecule has 1 amide bonds. The summed E-state index contributed by atoms with van der Waals surface area (Å²) in [5.74, 6) is 0.534. The molecule has 2 atom stereocenters. The number of likely N-dealkylation sites (tertiary alicyclic amines) is 1. The van der Waals surface area contributed by atoms with Gasteiger partial charge in [0.15, 0.2) is 5.65 Å². The normalized spacial score (nSPS) is 20.9. The zero-order valence-electron chi connectivity index (χ0n) is 20.9. The number of hydrogen-bond donors (Lipinski definition) is 2. The van der Waals surface area contributed by atoms with Crippen LogP contribution in [-0.4, -0.2) is 70.9 Å². The van der Waals surface area contributed by atoms with Crippen LogP contribution in [-0.2, 0) is 10.0 Å². The van der Waals surface area contributed by atoms with Gasteiger partial charge in [-0.25, -0.2) is 17.9 Å². The molecule has 0 aliphatic carbocycles. The summed E-state index contributed by atoms with van der Waals surface area (Å²) in [5.41, 5.74) is 2.77. The fraction of sp³-hybridized carbons (Fsp3) is 0.480. The molecule has 0 radical (unpaired) electrons. The predicted octanol–water partition coefficient (Wildman–Crippen LogP) is 3.39. The van der Waals surface area contributed by atoms with Gasteiger partial charge in [-0.05, 0) is 57.2 Å². The predicted molar refractivity (Wildman–Crippen MR) is 143 cm³/mol. The SMILES string of the molecule is Cc1cn2nc([C@@H]3CCCCN3C(=O)c3cc(Cl)ccc3NS(C)(=O)=O)cc2nc1N1CCCC(O)C1. The number of β-amino-alcohol motifs (C(OH)–C–C–N with tert-alkyl or cyclic N) is 1. The molecule has 37 heavy (non-hydrogen) atoms. The number of benzene rings is 1. The molecule has 2 saturated heterocycles. The summed E-state index contributed by atoms with van der Waals surface area (Å²) in [6.45, 7) is 3.90. The quantitative estimate of drug-likeness (QED) is 0.503. The second kappa shape index (κ2) is 10.1. The molecular formula is C25H31ClN6O4S. The molecule has 4 heterocycles. The Morgan fingerprint density at radius 2 is 1.97 bits per heavy atom. The molecule has 0 saturated carbocycles. The van der Waals surface area contributed by atoms with Crippen molar-refractivity contribution in [3.05, 3.63) is 52.3 Å². The lowest BCUT2D eigenvalue weighted by molar-refractivity contribution is 0.0607. The minimum absolute atomic E-state index is 0.196. The number of carbonyl (C=O) groups is 1. The van der Waals surface area contributed by atoms with Gasteiger partial charge in [0.1, 0.15) is 5.82 Å². The monoisotopic (exact) mass is 546 g/mol. The van der Waals surface area contributed by atoms with Crippen molar-refractivity contribution in [2.24, 2.45) is 0 Å². The van der Waals surface area contributed by atoms with Crippen molar-refractivity contribution in [3.8, 4) is 0 Å². The number of anilines is 2. The fourth-order valence-corrected chi connectivity index (χ4v) is 6.02. The first-order valence-corrected chi connectivity index (χ1v) is 14.7. The van der Waals surface area contributed by atoms with Gasteiger partial charge >= 0.3 is 0 Å². The maximum Gasteiger partial charge on any atom is 0.256 e. The van der Waals surface area contributed by atoms with Crippen LogP contribution in [0.3, 0.4) is 0 Å². The van der Waals surface area contributed by atoms with Gasteiger partial charge in [-0.15, -0.1) is 0 Å². The van der Waals surface area contributed by atoms with E-state index in [1.807, 2.05) is 19.2 Å². The van der Waals surface area contributed by atoms with Crippen molar-refractivity contribution in [2.45, 2.75) is 51.2 Å². The Balaban J connectivity index is 1.48. The molecule has 2 N–H and O–H groups in total. The zero-order valence-corrected chi connectivity index (χ0v) is 22.5. The van der Waals surface area contributed by atoms with Gasteiger partial charge in [-0.3, -0.25) is 9.52 Å². The van der Waals surface area contributed by atoms with E-state index in [2.05, 4.69) is 9.62 Å². The average molecular weight is 547 g/mol. The van der Waals surface area contributed by atoms with E-state index in [0.717, 1.165) is 62.0 Å². The van der Waals surface area contributed by atoms with Gasteiger partial charge in [-0.1, -0.05) is 11.6 Å². The van der Waals surface area contributed by atoms with Crippen molar-refractivity contribution < 1.29 is 18.3 Å². The second-order valence-corrected chi connectivity index (χ2v) is 12.1. The minimum Gasteiger partial charge on any atom is -0.391 e. The van der Waals surface area contributed by atoms with Crippen LogP contribution in [0.4, 0.5) is 11.5 Å². The van der Waals surface area contributed by atoms with Crippen molar-refractivity contribution in [3.63, 3.8) is 0 Å². The number of carbonyl (C=O) groups excluding carboxylic acids is 1. The highest BCUT2D eigenvalue weighted by atomic mass is 35.5. The van der Waals surface area contributed by atoms with Gasteiger partial charge in [-0.2, -0.15) is 5.10 Å². The second-order valence-electron chi connectivity index (χ2n) is 9.94. The van der Waals surface area contributed by atoms with Crippen LogP contribution in [0.25, 0.3) is 5.65 Å². The molecule has 198 valence electrons. The first-order chi connectivity index (χ1) is 17.6. The molecule has 0 bridgehead atoms. The number of nitrogens with zero attached hydrogens (tertiary/aromatic N) is 5. The third-order valence-corrected chi connectivity index (χ3v) is 7.76. The Labute approximate surface area is 221 Å². The van der Waals surface area contributed by atoms with Gasteiger partial charge in [0.05, 0.1) is 35.3 Å². The number of aryl methyl sites for hydroxylation is 1. The van der Waals surface area contributed by atoms with E-state index in [1.165, 1.54) is 12.1 Å². The average Bonchev–Trinajstić information content (AvgIpc) is 3.26. The van der Waals surface area contributed by atoms with E-state index in [1.54, 1.807) is 15.5 Å². The number of amides is 1. The topological polar surface area (TPSA) is 120 Å². The Morgan fingerprint density at radius 3 is 2.73 bits per heavy atom. The molecule has 3 aromatic rings. The summed E-state index contributed by atoms with van der Waals surface area (Å²) < 4.78 is 28.0. The highest BCUT2D eigenvalue weighted by molar-refractivity contribution is 7.92. The maximum atomic E-state index is 13.8. The number of sulfonamides is 1. The molecule has 1 aromatic carbocycles. The van der Waals surface area contributed by atoms with Gasteiger partial charge in [0.25, 0.3) is 5.91 Å². The third kappa shape index (κ3) is 5.53. The van der Waals surface area contributed by atoms with Crippen molar-refractivity contribution in [1.29, 1.82) is 0 Å². The standard InChI is InChI=1S/C25H31ClN6O4S/c1-16-14-32-23(27-24(16)30-10-5-6-18(33)15-30)13-21(28-32)22-7-3-4-11-31(22)25(34)19-12-17(26)8-9-20(19)29-37(2,35)36/h8-9,12-14,18,22,29,33H,3-7,10-11,15H2,1-2H3/t18?,22-/m0/s1. The first kappa shape index (κ1) is 25.7. The van der Waals surface area contributed by atoms with Crippen LogP contribution in [0, 0.1) is 6.92 Å². The van der Waals surface area contributed by atoms with Gasteiger partial charge in [0, 0.05) is 42.5 Å². The largest absolute Gasteiger partial charge is 0.391 e. The van der Waals surface area contributed by atoms with E-state index in [9.17, 15) is 18.3 Å². The summed E-state index contributed by atoms with van der Waals surface area (Å²) >= 11 is 6.19. The molecule has 1 unspecified atom stereocenters. The summed E-state index contributed by atoms with van der Waals surface area (Å²) in [6.07, 6.45) is 6.84. The molecule has 5 rings (SSSR count). The molecular weight excluding hydrogens is 516 g/mol. The van der Waals surface area contributed by atoms with Crippen molar-refractivity contribution in [2.75, 3.05) is 35.5 Å². The van der Waals surface area contributed by atoms with E-state index in [0.29, 0.717) is 23.8 Å². The van der Waals surface area contributed by atoms with E-state index < -0.39 is 10.0 Å². The number of nitrogens with one attached hydrogen (secondary N) is 1. The number of aromatic nitrogens is 3. The number of fused-ring (bicyclic) bond motifs is 1. The van der Waals surface area contributed by atoms with Crippen molar-refractivity contribution >= 4 is 44.7 Å². The van der Waals surface area contributed by atoms with Crippen LogP contribution >= 0.6 is 11.6 Å². The number of rotatable bonds is 5. The Bertz CT molecular complexity index is 1440. The number of aliphatic hydroxyl groups is 1. The molecule has 2 aliphatic heterocycles. The minimum atomic E-state index is -3.59. The summed E-state index contributed by atoms with van der Waals surface area (Å²) in [4.78, 5) is 22.5. The third-order valence-electron chi connectivity index (χ3n) is 6.93. The molecule has 2 aliphatic rings. The van der Waals surface area contributed by atoms with Crippen LogP contribution in [0.1, 0.15) is 59.8 Å². The van der Waals surface area contributed by atoms with E-state index in [4.69, 9.17) is 21.7 Å². The molecule has 2 aromatic heterocycles. The lowest BCUT2D eigenvalue weighted by atomic mass is 9.98. The summed E-state index contributed by atoms with van der Waals surface area (Å²) in [7, 11) is -3.59. The van der Waals surface area contributed by atoms with Crippen LogP contribution in [0.15, 0.2) is 30.5 Å². The van der Waals surface area contributed by atoms with Gasteiger partial charge in [0.2, 0.25) is 10.0 Å². The Kier molecular flexibility index (Phi) is 7.03. The van der Waals surface area contributed by atoms with Crippen molar-refractivity contribution in [1.82, 2.24) is 19.5 Å². The zero-order chi connectivity index (χ0) is 26.3. The number of aliphatic hydroxyl groups excluding tert-OH is 1. The molecule has 10 nitrogen and oxygen atoms in total. The summed E-state index contributed by atoms with van der Waals surface area (Å²) in [6, 6.07) is 6.18. The Hall–Kier alpha value is -2.89. The van der Waals surface area contributed by atoms with E-state index in [-0.39, 0.29) is 29.3 Å². The molecule has 12 heteroatoms. The molecule has 2 fully saturated rings. The first-order valence-electron chi connectivity index (χ1n) is 12.5. The van der Waals surface area contributed by atoms with Crippen LogP contribution in [0.2, 0.25) is 5.02 Å². The lowest BCUT2D eigenvalue weighted by Gasteiger charge is -2.35. The smallest absolute Gasteiger partial charge is 0.256 e. The highest BCUT2D eigenvalue weighted by Crippen LogP contribution is 2.34. The number of hydrogen-bond acceptors (Lipinski definition) is 7. The van der Waals surface area contributed by atoms with Crippen LogP contribution < -0.4 is 9.62 Å². The maximum absolute atomic E-state index is 13.8. The lowest BCUT2D eigenvalue weighted by Crippen LogP contribution is -2.39.